The van der Waals surface area contributed by atoms with Gasteiger partial charge in [-0.15, -0.1) is 0 Å². The van der Waals surface area contributed by atoms with E-state index in [0.29, 0.717) is 0 Å². The molecule has 0 amide bonds. The lowest BCUT2D eigenvalue weighted by atomic mass is 9.98. The minimum atomic E-state index is 0.0131. The Kier molecular flexibility index (Phi) is 3.84. The highest BCUT2D eigenvalue weighted by molar-refractivity contribution is 5.31. The van der Waals surface area contributed by atoms with Crippen LogP contribution < -0.4 is 11.3 Å². The number of aryl methyl sites for hydroxylation is 3. The van der Waals surface area contributed by atoms with Gasteiger partial charge in [0.2, 0.25) is 0 Å². The van der Waals surface area contributed by atoms with E-state index in [-0.39, 0.29) is 6.04 Å². The molecule has 1 atom stereocenters. The molecule has 3 N–H and O–H groups in total. The molecule has 1 aromatic carbocycles. The van der Waals surface area contributed by atoms with Crippen LogP contribution in [0.15, 0.2) is 34.7 Å². The molecule has 3 heteroatoms. The van der Waals surface area contributed by atoms with Gasteiger partial charge in [0.05, 0.1) is 6.04 Å². The van der Waals surface area contributed by atoms with Crippen LogP contribution in [-0.4, -0.2) is 0 Å². The third-order valence-corrected chi connectivity index (χ3v) is 3.23. The van der Waals surface area contributed by atoms with Gasteiger partial charge >= 0.3 is 0 Å². The predicted octanol–water partition coefficient (Wildman–Crippen LogP) is 2.95. The molecule has 1 unspecified atom stereocenters. The van der Waals surface area contributed by atoms with Gasteiger partial charge in [0.25, 0.3) is 0 Å². The Hall–Kier alpha value is -1.58. The fourth-order valence-electron chi connectivity index (χ4n) is 2.12. The molecule has 0 radical (unpaired) electrons. The summed E-state index contributed by atoms with van der Waals surface area (Å²) in [6.45, 7) is 6.16. The Labute approximate surface area is 108 Å². The molecular formula is C15H20N2O. The minimum absolute atomic E-state index is 0.0131. The number of hydrogen-bond donors (Lipinski definition) is 2. The van der Waals surface area contributed by atoms with Crippen LogP contribution in [0.5, 0.6) is 0 Å². The van der Waals surface area contributed by atoms with Crippen molar-refractivity contribution in [2.24, 2.45) is 5.84 Å². The van der Waals surface area contributed by atoms with E-state index in [1.807, 2.05) is 19.1 Å². The standard InChI is InChI=1S/C15H20N2O/c1-10-4-5-11(2)13(8-10)9-14(17-16)15-7-6-12(3)18-15/h4-8,14,17H,9,16H2,1-3H3. The van der Waals surface area contributed by atoms with Gasteiger partial charge in [-0.3, -0.25) is 5.84 Å². The quantitative estimate of drug-likeness (QED) is 0.642. The van der Waals surface area contributed by atoms with Crippen molar-refractivity contribution in [2.75, 3.05) is 0 Å². The minimum Gasteiger partial charge on any atom is -0.465 e. The van der Waals surface area contributed by atoms with E-state index in [1.165, 1.54) is 16.7 Å². The zero-order valence-corrected chi connectivity index (χ0v) is 11.2. The first-order chi connectivity index (χ1) is 8.60. The molecule has 18 heavy (non-hydrogen) atoms. The molecule has 0 bridgehead atoms. The number of furan rings is 1. The monoisotopic (exact) mass is 244 g/mol. The summed E-state index contributed by atoms with van der Waals surface area (Å²) in [6.07, 6.45) is 0.830. The second-order valence-electron chi connectivity index (χ2n) is 4.80. The maximum atomic E-state index is 5.64. The van der Waals surface area contributed by atoms with E-state index in [2.05, 4.69) is 37.5 Å². The zero-order chi connectivity index (χ0) is 13.1. The summed E-state index contributed by atoms with van der Waals surface area (Å²) in [4.78, 5) is 0. The molecule has 0 fully saturated rings. The Morgan fingerprint density at radius 3 is 2.56 bits per heavy atom. The zero-order valence-electron chi connectivity index (χ0n) is 11.2. The number of nitrogens with two attached hydrogens (primary N) is 1. The molecule has 2 rings (SSSR count). The van der Waals surface area contributed by atoms with E-state index in [1.54, 1.807) is 0 Å². The molecule has 2 aromatic rings. The van der Waals surface area contributed by atoms with Crippen molar-refractivity contribution < 1.29 is 4.42 Å². The van der Waals surface area contributed by atoms with Gasteiger partial charge in [0.1, 0.15) is 11.5 Å². The van der Waals surface area contributed by atoms with Gasteiger partial charge in [-0.05, 0) is 50.5 Å². The lowest BCUT2D eigenvalue weighted by molar-refractivity contribution is 0.402. The van der Waals surface area contributed by atoms with E-state index >= 15 is 0 Å². The van der Waals surface area contributed by atoms with E-state index in [0.717, 1.165) is 17.9 Å². The van der Waals surface area contributed by atoms with Gasteiger partial charge < -0.3 is 4.42 Å². The summed E-state index contributed by atoms with van der Waals surface area (Å²) in [5.74, 6) is 7.43. The second-order valence-corrected chi connectivity index (χ2v) is 4.80. The molecule has 0 aliphatic carbocycles. The summed E-state index contributed by atoms with van der Waals surface area (Å²) in [7, 11) is 0. The molecule has 0 aliphatic heterocycles. The van der Waals surface area contributed by atoms with Crippen LogP contribution in [0.3, 0.4) is 0 Å². The van der Waals surface area contributed by atoms with Crippen molar-refractivity contribution in [1.82, 2.24) is 5.43 Å². The van der Waals surface area contributed by atoms with Crippen LogP contribution >= 0.6 is 0 Å². The summed E-state index contributed by atoms with van der Waals surface area (Å²) >= 11 is 0. The Morgan fingerprint density at radius 2 is 1.94 bits per heavy atom. The van der Waals surface area contributed by atoms with E-state index in [4.69, 9.17) is 10.3 Å². The van der Waals surface area contributed by atoms with Crippen molar-refractivity contribution in [3.05, 3.63) is 58.5 Å². The Bertz CT molecular complexity index is 531. The number of benzene rings is 1. The molecule has 0 aliphatic rings. The first kappa shape index (κ1) is 12.9. The smallest absolute Gasteiger partial charge is 0.122 e. The van der Waals surface area contributed by atoms with Crippen molar-refractivity contribution in [3.8, 4) is 0 Å². The predicted molar refractivity (Wildman–Crippen MR) is 73.1 cm³/mol. The van der Waals surface area contributed by atoms with Gasteiger partial charge in [-0.2, -0.15) is 0 Å². The molecule has 1 aromatic heterocycles. The maximum absolute atomic E-state index is 5.64. The van der Waals surface area contributed by atoms with Crippen molar-refractivity contribution in [3.63, 3.8) is 0 Å². The highest BCUT2D eigenvalue weighted by Gasteiger charge is 2.15. The van der Waals surface area contributed by atoms with Gasteiger partial charge in [0.15, 0.2) is 0 Å². The Balaban J connectivity index is 2.22. The lowest BCUT2D eigenvalue weighted by Crippen LogP contribution is -2.29. The molecule has 96 valence electrons. The maximum Gasteiger partial charge on any atom is 0.122 e. The molecule has 0 spiro atoms. The van der Waals surface area contributed by atoms with Crippen LogP contribution in [0.1, 0.15) is 34.3 Å². The number of hydrogen-bond acceptors (Lipinski definition) is 3. The summed E-state index contributed by atoms with van der Waals surface area (Å²) in [5, 5.41) is 0. The summed E-state index contributed by atoms with van der Waals surface area (Å²) < 4.78 is 5.64. The van der Waals surface area contributed by atoms with Crippen molar-refractivity contribution in [2.45, 2.75) is 33.2 Å². The SMILES string of the molecule is Cc1ccc(C)c(CC(NN)c2ccc(C)o2)c1. The van der Waals surface area contributed by atoms with E-state index < -0.39 is 0 Å². The van der Waals surface area contributed by atoms with Crippen LogP contribution in [0.2, 0.25) is 0 Å². The molecular weight excluding hydrogens is 224 g/mol. The lowest BCUT2D eigenvalue weighted by Gasteiger charge is -2.15. The largest absolute Gasteiger partial charge is 0.465 e. The molecule has 0 saturated carbocycles. The summed E-state index contributed by atoms with van der Waals surface area (Å²) in [6, 6.07) is 10.4. The first-order valence-electron chi connectivity index (χ1n) is 6.18. The fraction of sp³-hybridized carbons (Fsp3) is 0.333. The summed E-state index contributed by atoms with van der Waals surface area (Å²) in [5.41, 5.74) is 6.68. The average molecular weight is 244 g/mol. The van der Waals surface area contributed by atoms with Gasteiger partial charge in [-0.1, -0.05) is 23.8 Å². The van der Waals surface area contributed by atoms with Gasteiger partial charge in [-0.25, -0.2) is 5.43 Å². The number of rotatable bonds is 4. The average Bonchev–Trinajstić information content (AvgIpc) is 2.77. The van der Waals surface area contributed by atoms with Crippen LogP contribution in [0.4, 0.5) is 0 Å². The molecule has 1 heterocycles. The number of nitrogens with one attached hydrogen (secondary N) is 1. The second kappa shape index (κ2) is 5.38. The fourth-order valence-corrected chi connectivity index (χ4v) is 2.12. The molecule has 3 nitrogen and oxygen atoms in total. The number of hydrazine groups is 1. The molecule has 0 saturated heterocycles. The third kappa shape index (κ3) is 2.81. The topological polar surface area (TPSA) is 51.2 Å². The van der Waals surface area contributed by atoms with Crippen LogP contribution in [0, 0.1) is 20.8 Å². The Morgan fingerprint density at radius 1 is 1.17 bits per heavy atom. The van der Waals surface area contributed by atoms with Gasteiger partial charge in [0, 0.05) is 0 Å². The highest BCUT2D eigenvalue weighted by atomic mass is 16.3. The van der Waals surface area contributed by atoms with Crippen molar-refractivity contribution in [1.29, 1.82) is 0 Å². The first-order valence-corrected chi connectivity index (χ1v) is 6.18. The third-order valence-electron chi connectivity index (χ3n) is 3.23. The van der Waals surface area contributed by atoms with Crippen molar-refractivity contribution >= 4 is 0 Å². The van der Waals surface area contributed by atoms with Crippen LogP contribution in [0.25, 0.3) is 0 Å². The normalized spacial score (nSPS) is 12.7. The van der Waals surface area contributed by atoms with E-state index in [9.17, 15) is 0 Å². The van der Waals surface area contributed by atoms with Crippen LogP contribution in [-0.2, 0) is 6.42 Å². The highest BCUT2D eigenvalue weighted by Crippen LogP contribution is 2.22.